The van der Waals surface area contributed by atoms with Crippen molar-refractivity contribution in [2.75, 3.05) is 6.54 Å². The van der Waals surface area contributed by atoms with Crippen molar-refractivity contribution in [1.29, 1.82) is 0 Å². The third kappa shape index (κ3) is 3.53. The molecule has 0 aromatic rings. The molecule has 0 rings (SSSR count). The largest absolute Gasteiger partial charge is 0.298 e. The molecule has 0 aliphatic rings. The summed E-state index contributed by atoms with van der Waals surface area (Å²) in [5, 5.41) is 0. The average Bonchev–Trinajstić information content (AvgIpc) is 1.83. The molecule has 0 fully saturated rings. The van der Waals surface area contributed by atoms with Crippen LogP contribution in [0.4, 0.5) is 0 Å². The first-order chi connectivity index (χ1) is 3.81. The van der Waals surface area contributed by atoms with Gasteiger partial charge in [0.25, 0.3) is 0 Å². The van der Waals surface area contributed by atoms with Gasteiger partial charge in [-0.05, 0) is 13.1 Å². The summed E-state index contributed by atoms with van der Waals surface area (Å²) in [6.45, 7) is 4.00. The molecule has 0 saturated heterocycles. The fourth-order valence-electron chi connectivity index (χ4n) is 0.305. The van der Waals surface area contributed by atoms with Gasteiger partial charge in [-0.3, -0.25) is 9.79 Å². The molecule has 0 aliphatic heterocycles. The lowest BCUT2D eigenvalue weighted by Crippen LogP contribution is -1.98. The fraction of sp³-hybridized carbons (Fsp3) is 0.667. The van der Waals surface area contributed by atoms with E-state index < -0.39 is 0 Å². The lowest BCUT2D eigenvalue weighted by molar-refractivity contribution is -0.117. The van der Waals surface area contributed by atoms with Crippen LogP contribution in [0, 0.1) is 0 Å². The van der Waals surface area contributed by atoms with E-state index >= 15 is 0 Å². The highest BCUT2D eigenvalue weighted by atomic mass is 16.1. The molecule has 0 amide bonds. The van der Waals surface area contributed by atoms with E-state index in [4.69, 9.17) is 0 Å². The van der Waals surface area contributed by atoms with Crippen LogP contribution in [-0.2, 0) is 4.79 Å². The molecule has 2 heteroatoms. The molecular weight excluding hydrogens is 102 g/mol. The maximum absolute atomic E-state index is 10.5. The van der Waals surface area contributed by atoms with Crippen LogP contribution in [0.5, 0.6) is 0 Å². The van der Waals surface area contributed by atoms with Gasteiger partial charge in [0.2, 0.25) is 0 Å². The van der Waals surface area contributed by atoms with Crippen molar-refractivity contribution >= 4 is 12.0 Å². The number of hydrogen-bond acceptors (Lipinski definition) is 2. The van der Waals surface area contributed by atoms with Gasteiger partial charge in [0.15, 0.2) is 5.78 Å². The van der Waals surface area contributed by atoms with Crippen LogP contribution >= 0.6 is 0 Å². The predicted molar refractivity (Wildman–Crippen MR) is 34.3 cm³/mol. The standard InChI is InChI=1S/C6H11NO/c1-3-6(8)5-7-4-2/h4H,3,5H2,1-2H3. The van der Waals surface area contributed by atoms with E-state index in [1.54, 1.807) is 6.21 Å². The molecule has 8 heavy (non-hydrogen) atoms. The minimum absolute atomic E-state index is 0.197. The number of Topliss-reactive ketones (excluding diaryl/α,β-unsaturated/α-hetero) is 1. The van der Waals surface area contributed by atoms with Crippen LogP contribution in [0.3, 0.4) is 0 Å². The zero-order chi connectivity index (χ0) is 6.41. The second-order valence-electron chi connectivity index (χ2n) is 1.49. The normalized spacial score (nSPS) is 10.2. The van der Waals surface area contributed by atoms with Crippen LogP contribution in [0.1, 0.15) is 20.3 Å². The third-order valence-electron chi connectivity index (χ3n) is 0.845. The Morgan fingerprint density at radius 2 is 2.38 bits per heavy atom. The Kier molecular flexibility index (Phi) is 4.13. The second-order valence-corrected chi connectivity index (χ2v) is 1.49. The van der Waals surface area contributed by atoms with Crippen molar-refractivity contribution in [2.24, 2.45) is 4.99 Å². The van der Waals surface area contributed by atoms with E-state index in [1.165, 1.54) is 0 Å². The first-order valence-electron chi connectivity index (χ1n) is 2.77. The van der Waals surface area contributed by atoms with Crippen molar-refractivity contribution in [3.05, 3.63) is 0 Å². The third-order valence-corrected chi connectivity index (χ3v) is 0.845. The summed E-state index contributed by atoms with van der Waals surface area (Å²) >= 11 is 0. The van der Waals surface area contributed by atoms with E-state index in [1.807, 2.05) is 13.8 Å². The minimum Gasteiger partial charge on any atom is -0.298 e. The monoisotopic (exact) mass is 113 g/mol. The highest BCUT2D eigenvalue weighted by Crippen LogP contribution is 1.79. The number of rotatable bonds is 3. The summed E-state index contributed by atoms with van der Waals surface area (Å²) in [4.78, 5) is 14.2. The summed E-state index contributed by atoms with van der Waals surface area (Å²) in [6, 6.07) is 0. The second kappa shape index (κ2) is 4.50. The number of carbonyl (C=O) groups excluding carboxylic acids is 1. The van der Waals surface area contributed by atoms with Crippen molar-refractivity contribution < 1.29 is 4.79 Å². The number of ketones is 1. The van der Waals surface area contributed by atoms with E-state index in [9.17, 15) is 4.79 Å². The molecule has 0 N–H and O–H groups in total. The summed E-state index contributed by atoms with van der Waals surface area (Å²) < 4.78 is 0. The summed E-state index contributed by atoms with van der Waals surface area (Å²) in [7, 11) is 0. The van der Waals surface area contributed by atoms with Gasteiger partial charge in [-0.25, -0.2) is 0 Å². The zero-order valence-corrected chi connectivity index (χ0v) is 5.35. The number of aliphatic imine (C=N–C) groups is 1. The molecule has 2 nitrogen and oxygen atoms in total. The van der Waals surface area contributed by atoms with Crippen LogP contribution in [0.2, 0.25) is 0 Å². The maximum Gasteiger partial charge on any atom is 0.153 e. The molecule has 0 bridgehead atoms. The van der Waals surface area contributed by atoms with Crippen molar-refractivity contribution in [3.8, 4) is 0 Å². The molecule has 0 spiro atoms. The zero-order valence-electron chi connectivity index (χ0n) is 5.35. The van der Waals surface area contributed by atoms with Gasteiger partial charge in [-0.1, -0.05) is 6.92 Å². The van der Waals surface area contributed by atoms with Crippen LogP contribution < -0.4 is 0 Å². The molecule has 0 atom stereocenters. The number of hydrogen-bond donors (Lipinski definition) is 0. The van der Waals surface area contributed by atoms with Gasteiger partial charge in [-0.2, -0.15) is 0 Å². The Morgan fingerprint density at radius 3 is 2.75 bits per heavy atom. The highest BCUT2D eigenvalue weighted by Gasteiger charge is 1.90. The van der Waals surface area contributed by atoms with Crippen molar-refractivity contribution in [3.63, 3.8) is 0 Å². The molecule has 0 aromatic carbocycles. The Morgan fingerprint density at radius 1 is 1.75 bits per heavy atom. The topological polar surface area (TPSA) is 29.4 Å². The minimum atomic E-state index is 0.197. The average molecular weight is 113 g/mol. The quantitative estimate of drug-likeness (QED) is 0.503. The maximum atomic E-state index is 10.5. The molecular formula is C6H11NO. The SMILES string of the molecule is CC=NCC(=O)CC. The van der Waals surface area contributed by atoms with E-state index in [0.717, 1.165) is 0 Å². The van der Waals surface area contributed by atoms with Crippen molar-refractivity contribution in [2.45, 2.75) is 20.3 Å². The lowest BCUT2D eigenvalue weighted by Gasteiger charge is -1.85. The van der Waals surface area contributed by atoms with Gasteiger partial charge < -0.3 is 0 Å². The number of carbonyl (C=O) groups is 1. The van der Waals surface area contributed by atoms with E-state index in [0.29, 0.717) is 13.0 Å². The fourth-order valence-corrected chi connectivity index (χ4v) is 0.305. The Labute approximate surface area is 49.6 Å². The van der Waals surface area contributed by atoms with Crippen LogP contribution in [0.15, 0.2) is 4.99 Å². The van der Waals surface area contributed by atoms with Crippen LogP contribution in [0.25, 0.3) is 0 Å². The molecule has 0 aliphatic carbocycles. The molecule has 0 unspecified atom stereocenters. The van der Waals surface area contributed by atoms with Gasteiger partial charge >= 0.3 is 0 Å². The first-order valence-corrected chi connectivity index (χ1v) is 2.77. The summed E-state index contributed by atoms with van der Waals surface area (Å²) in [5.41, 5.74) is 0. The number of nitrogens with zero attached hydrogens (tertiary/aromatic N) is 1. The van der Waals surface area contributed by atoms with E-state index in [-0.39, 0.29) is 5.78 Å². The van der Waals surface area contributed by atoms with Gasteiger partial charge in [0, 0.05) is 6.42 Å². The Hall–Kier alpha value is -0.660. The van der Waals surface area contributed by atoms with Crippen molar-refractivity contribution in [1.82, 2.24) is 0 Å². The molecule has 0 aromatic heterocycles. The van der Waals surface area contributed by atoms with Gasteiger partial charge in [0.05, 0.1) is 6.54 Å². The van der Waals surface area contributed by atoms with Gasteiger partial charge in [0.1, 0.15) is 0 Å². The highest BCUT2D eigenvalue weighted by molar-refractivity contribution is 5.81. The summed E-state index contributed by atoms with van der Waals surface area (Å²) in [6.07, 6.45) is 2.24. The smallest absolute Gasteiger partial charge is 0.153 e. The van der Waals surface area contributed by atoms with E-state index in [2.05, 4.69) is 4.99 Å². The lowest BCUT2D eigenvalue weighted by atomic mass is 10.3. The van der Waals surface area contributed by atoms with Crippen LogP contribution in [-0.4, -0.2) is 18.5 Å². The molecule has 0 saturated carbocycles. The summed E-state index contributed by atoms with van der Waals surface area (Å²) in [5.74, 6) is 0.197. The van der Waals surface area contributed by atoms with Gasteiger partial charge in [-0.15, -0.1) is 0 Å². The molecule has 0 radical (unpaired) electrons. The molecule has 46 valence electrons. The Bertz CT molecular complexity index is 96.7. The predicted octanol–water partition coefficient (Wildman–Crippen LogP) is 1.06. The Balaban J connectivity index is 3.25. The molecule has 0 heterocycles. The first kappa shape index (κ1) is 7.34.